The second-order valence-corrected chi connectivity index (χ2v) is 7.85. The molecule has 1 aliphatic carbocycles. The maximum absolute atomic E-state index is 12.4. The molecule has 0 heterocycles. The van der Waals surface area contributed by atoms with E-state index in [2.05, 4.69) is 10.6 Å². The predicted molar refractivity (Wildman–Crippen MR) is 114 cm³/mol. The number of carbonyl (C=O) groups excluding carboxylic acids is 2. The van der Waals surface area contributed by atoms with Crippen LogP contribution in [-0.2, 0) is 19.1 Å². The van der Waals surface area contributed by atoms with Crippen molar-refractivity contribution in [3.63, 3.8) is 0 Å². The Bertz CT molecular complexity index is 942. The van der Waals surface area contributed by atoms with Gasteiger partial charge >= 0.3 is 12.1 Å². The third-order valence-electron chi connectivity index (χ3n) is 5.33. The van der Waals surface area contributed by atoms with Crippen LogP contribution < -0.4 is 10.6 Å². The van der Waals surface area contributed by atoms with Gasteiger partial charge in [-0.15, -0.1) is 0 Å². The first-order valence-electron chi connectivity index (χ1n) is 9.91. The number of amides is 2. The topological polar surface area (TPSA) is 114 Å². The molecule has 0 fully saturated rings. The third-order valence-corrected chi connectivity index (χ3v) is 5.33. The fourth-order valence-electron chi connectivity index (χ4n) is 3.62. The molecule has 1 atom stereocenters. The van der Waals surface area contributed by atoms with Crippen LogP contribution >= 0.6 is 0 Å². The van der Waals surface area contributed by atoms with Crippen molar-refractivity contribution in [1.82, 2.24) is 10.6 Å². The van der Waals surface area contributed by atoms with E-state index < -0.39 is 29.6 Å². The molecule has 3 N–H and O–H groups in total. The smallest absolute Gasteiger partial charge is 0.408 e. The summed E-state index contributed by atoms with van der Waals surface area (Å²) in [5.74, 6) is -1.83. The number of benzene rings is 2. The number of methoxy groups -OCH3 is 1. The molecule has 0 bridgehead atoms. The number of fused-ring (bicyclic) bond motifs is 3. The molecule has 8 nitrogen and oxygen atoms in total. The summed E-state index contributed by atoms with van der Waals surface area (Å²) in [6, 6.07) is 16.0. The Hall–Kier alpha value is -3.39. The molecule has 0 aromatic heterocycles. The largest absolute Gasteiger partial charge is 0.479 e. The van der Waals surface area contributed by atoms with Gasteiger partial charge in [0.2, 0.25) is 5.91 Å². The number of hydrogen-bond acceptors (Lipinski definition) is 5. The van der Waals surface area contributed by atoms with Gasteiger partial charge in [-0.25, -0.2) is 9.59 Å². The van der Waals surface area contributed by atoms with Gasteiger partial charge in [0.25, 0.3) is 0 Å². The summed E-state index contributed by atoms with van der Waals surface area (Å²) in [6.45, 7) is 2.92. The van der Waals surface area contributed by atoms with Gasteiger partial charge < -0.3 is 25.2 Å². The van der Waals surface area contributed by atoms with Gasteiger partial charge in [-0.1, -0.05) is 48.5 Å². The van der Waals surface area contributed by atoms with Crippen molar-refractivity contribution in [2.24, 2.45) is 0 Å². The monoisotopic (exact) mass is 426 g/mol. The molecule has 1 unspecified atom stereocenters. The van der Waals surface area contributed by atoms with Gasteiger partial charge in [-0.3, -0.25) is 4.79 Å². The summed E-state index contributed by atoms with van der Waals surface area (Å²) in [4.78, 5) is 35.8. The van der Waals surface area contributed by atoms with Crippen LogP contribution in [0.25, 0.3) is 11.1 Å². The highest BCUT2D eigenvalue weighted by atomic mass is 16.5. The molecule has 31 heavy (non-hydrogen) atoms. The Morgan fingerprint density at radius 3 is 2.10 bits per heavy atom. The van der Waals surface area contributed by atoms with Crippen molar-refractivity contribution < 1.29 is 29.0 Å². The second kappa shape index (κ2) is 9.18. The average molecular weight is 426 g/mol. The summed E-state index contributed by atoms with van der Waals surface area (Å²) in [5.41, 5.74) is 3.12. The summed E-state index contributed by atoms with van der Waals surface area (Å²) >= 11 is 0. The van der Waals surface area contributed by atoms with Crippen LogP contribution in [0.4, 0.5) is 4.79 Å². The second-order valence-electron chi connectivity index (χ2n) is 7.85. The van der Waals surface area contributed by atoms with Gasteiger partial charge in [0.05, 0.1) is 6.54 Å². The van der Waals surface area contributed by atoms with Crippen LogP contribution in [0.1, 0.15) is 30.9 Å². The van der Waals surface area contributed by atoms with Crippen LogP contribution in [0.2, 0.25) is 0 Å². The highest BCUT2D eigenvalue weighted by Gasteiger charge is 2.33. The van der Waals surface area contributed by atoms with Crippen molar-refractivity contribution in [2.75, 3.05) is 20.3 Å². The highest BCUT2D eigenvalue weighted by Crippen LogP contribution is 2.44. The van der Waals surface area contributed by atoms with Gasteiger partial charge in [-0.2, -0.15) is 0 Å². The zero-order valence-corrected chi connectivity index (χ0v) is 17.7. The standard InChI is InChI=1S/C23H26N2O6/c1-23(2,21(28)24-12-19(30-3)20(26)27)25-22(29)31-13-18-16-10-6-4-8-14(16)15-9-5-7-11-17(15)18/h4-11,18-19H,12-13H2,1-3H3,(H,24,28)(H,25,29)(H,26,27). The molecule has 0 spiro atoms. The fraction of sp³-hybridized carbons (Fsp3) is 0.348. The van der Waals surface area contributed by atoms with E-state index in [0.717, 1.165) is 22.3 Å². The molecule has 1 aliphatic rings. The van der Waals surface area contributed by atoms with Gasteiger partial charge in [0, 0.05) is 13.0 Å². The molecule has 0 radical (unpaired) electrons. The van der Waals surface area contributed by atoms with E-state index in [-0.39, 0.29) is 19.1 Å². The molecular formula is C23H26N2O6. The lowest BCUT2D eigenvalue weighted by Crippen LogP contribution is -2.56. The van der Waals surface area contributed by atoms with Gasteiger partial charge in [0.1, 0.15) is 12.1 Å². The lowest BCUT2D eigenvalue weighted by molar-refractivity contribution is -0.148. The molecule has 3 rings (SSSR count). The molecule has 164 valence electrons. The van der Waals surface area contributed by atoms with E-state index in [0.29, 0.717) is 0 Å². The number of hydrogen-bond donors (Lipinski definition) is 3. The first-order chi connectivity index (χ1) is 14.7. The lowest BCUT2D eigenvalue weighted by atomic mass is 9.98. The summed E-state index contributed by atoms with van der Waals surface area (Å²) in [6.07, 6.45) is -1.90. The Kier molecular flexibility index (Phi) is 6.60. The van der Waals surface area contributed by atoms with E-state index >= 15 is 0 Å². The number of carbonyl (C=O) groups is 3. The van der Waals surface area contributed by atoms with Crippen LogP contribution in [-0.4, -0.2) is 55.0 Å². The number of carboxylic acids is 1. The molecular weight excluding hydrogens is 400 g/mol. The molecule has 2 aromatic rings. The summed E-state index contributed by atoms with van der Waals surface area (Å²) in [7, 11) is 1.24. The quantitative estimate of drug-likeness (QED) is 0.598. The van der Waals surface area contributed by atoms with Crippen LogP contribution in [0.15, 0.2) is 48.5 Å². The van der Waals surface area contributed by atoms with Crippen molar-refractivity contribution in [2.45, 2.75) is 31.4 Å². The van der Waals surface area contributed by atoms with Crippen molar-refractivity contribution in [1.29, 1.82) is 0 Å². The maximum Gasteiger partial charge on any atom is 0.408 e. The normalized spacial score (nSPS) is 13.6. The number of aliphatic carboxylic acids is 1. The lowest BCUT2D eigenvalue weighted by Gasteiger charge is -2.26. The molecule has 0 saturated heterocycles. The number of alkyl carbamates (subject to hydrolysis) is 1. The number of nitrogens with one attached hydrogen (secondary N) is 2. The number of rotatable bonds is 8. The van der Waals surface area contributed by atoms with Crippen LogP contribution in [0.3, 0.4) is 0 Å². The van der Waals surface area contributed by atoms with E-state index in [1.54, 1.807) is 0 Å². The maximum atomic E-state index is 12.4. The SMILES string of the molecule is COC(CNC(=O)C(C)(C)NC(=O)OCC1c2ccccc2-c2ccccc21)C(=O)O. The predicted octanol–water partition coefficient (Wildman–Crippen LogP) is 2.52. The summed E-state index contributed by atoms with van der Waals surface area (Å²) < 4.78 is 10.2. The van der Waals surface area contributed by atoms with E-state index in [4.69, 9.17) is 14.6 Å². The van der Waals surface area contributed by atoms with Crippen LogP contribution in [0, 0.1) is 0 Å². The molecule has 0 aliphatic heterocycles. The molecule has 8 heteroatoms. The molecule has 2 amide bonds. The Labute approximate surface area is 180 Å². The van der Waals surface area contributed by atoms with Crippen molar-refractivity contribution in [3.05, 3.63) is 59.7 Å². The third kappa shape index (κ3) is 4.86. The number of carboxylic acid groups (broad SMARTS) is 1. The summed E-state index contributed by atoms with van der Waals surface area (Å²) in [5, 5.41) is 14.0. The van der Waals surface area contributed by atoms with Crippen molar-refractivity contribution in [3.8, 4) is 11.1 Å². The first kappa shape index (κ1) is 22.3. The van der Waals surface area contributed by atoms with E-state index in [1.807, 2.05) is 48.5 Å². The zero-order valence-electron chi connectivity index (χ0n) is 17.7. The fourth-order valence-corrected chi connectivity index (χ4v) is 3.62. The Balaban J connectivity index is 1.60. The number of ether oxygens (including phenoxy) is 2. The molecule has 0 saturated carbocycles. The van der Waals surface area contributed by atoms with Crippen LogP contribution in [0.5, 0.6) is 0 Å². The minimum absolute atomic E-state index is 0.0897. The average Bonchev–Trinajstić information content (AvgIpc) is 3.06. The molecule has 2 aromatic carbocycles. The minimum Gasteiger partial charge on any atom is -0.479 e. The van der Waals surface area contributed by atoms with E-state index in [1.165, 1.54) is 21.0 Å². The van der Waals surface area contributed by atoms with Gasteiger partial charge in [0.15, 0.2) is 6.10 Å². The Morgan fingerprint density at radius 1 is 1.03 bits per heavy atom. The van der Waals surface area contributed by atoms with Gasteiger partial charge in [-0.05, 0) is 36.1 Å². The first-order valence-corrected chi connectivity index (χ1v) is 9.91. The minimum atomic E-state index is -1.31. The van der Waals surface area contributed by atoms with Crippen molar-refractivity contribution >= 4 is 18.0 Å². The highest BCUT2D eigenvalue weighted by molar-refractivity contribution is 5.89. The zero-order chi connectivity index (χ0) is 22.6. The van der Waals surface area contributed by atoms with E-state index in [9.17, 15) is 14.4 Å². The Morgan fingerprint density at radius 2 is 1.58 bits per heavy atom.